The van der Waals surface area contributed by atoms with Crippen LogP contribution in [0.25, 0.3) is 0 Å². The Kier molecular flexibility index (Phi) is 4.69. The Bertz CT molecular complexity index is 482. The fraction of sp³-hybridized carbons (Fsp3) is 0.286. The summed E-state index contributed by atoms with van der Waals surface area (Å²) in [5.74, 6) is 0.903. The van der Waals surface area contributed by atoms with Crippen molar-refractivity contribution in [2.75, 3.05) is 6.26 Å². The minimum absolute atomic E-state index is 0.0430. The molecule has 2 unspecified atom stereocenters. The quantitative estimate of drug-likeness (QED) is 0.842. The number of nitrogens with two attached hydrogens (primary N) is 1. The zero-order valence-corrected chi connectivity index (χ0v) is 12.1. The molecule has 1 aromatic heterocycles. The number of rotatable bonds is 5. The fourth-order valence-electron chi connectivity index (χ4n) is 1.73. The molecule has 1 aromatic carbocycles. The molecule has 0 spiro atoms. The number of hydrogen-bond acceptors (Lipinski definition) is 4. The van der Waals surface area contributed by atoms with Gasteiger partial charge in [-0.2, -0.15) is 0 Å². The smallest absolute Gasteiger partial charge is 0.148 e. The van der Waals surface area contributed by atoms with Gasteiger partial charge >= 0.3 is 0 Å². The molecule has 1 heterocycles. The van der Waals surface area contributed by atoms with Crippen LogP contribution in [0.3, 0.4) is 0 Å². The minimum atomic E-state index is -0.0849. The van der Waals surface area contributed by atoms with Crippen molar-refractivity contribution in [3.05, 3.63) is 46.7 Å². The molecule has 2 aromatic rings. The molecule has 0 fully saturated rings. The van der Waals surface area contributed by atoms with E-state index in [9.17, 15) is 0 Å². The lowest BCUT2D eigenvalue weighted by Crippen LogP contribution is -2.28. The van der Waals surface area contributed by atoms with Crippen molar-refractivity contribution in [1.82, 2.24) is 0 Å². The molecule has 0 amide bonds. The first-order valence-corrected chi connectivity index (χ1v) is 7.91. The zero-order chi connectivity index (χ0) is 13.0. The summed E-state index contributed by atoms with van der Waals surface area (Å²) in [4.78, 5) is 2.31. The summed E-state index contributed by atoms with van der Waals surface area (Å²) < 4.78 is 6.11. The molecule has 2 nitrogen and oxygen atoms in total. The molecule has 0 aliphatic rings. The first-order chi connectivity index (χ1) is 8.72. The Morgan fingerprint density at radius 1 is 1.22 bits per heavy atom. The van der Waals surface area contributed by atoms with Crippen molar-refractivity contribution in [1.29, 1.82) is 0 Å². The van der Waals surface area contributed by atoms with Gasteiger partial charge in [0.05, 0.1) is 0 Å². The fourth-order valence-corrected chi connectivity index (χ4v) is 3.13. The molecular weight excluding hydrogens is 262 g/mol. The normalized spacial score (nSPS) is 14.2. The van der Waals surface area contributed by atoms with Crippen LogP contribution in [-0.4, -0.2) is 12.3 Å². The van der Waals surface area contributed by atoms with E-state index >= 15 is 0 Å². The van der Waals surface area contributed by atoms with Crippen molar-refractivity contribution in [3.8, 4) is 5.75 Å². The molecule has 0 saturated carbocycles. The van der Waals surface area contributed by atoms with Gasteiger partial charge in [0, 0.05) is 15.8 Å². The topological polar surface area (TPSA) is 35.2 Å². The predicted octanol–water partition coefficient (Wildman–Crippen LogP) is 3.94. The van der Waals surface area contributed by atoms with Crippen LogP contribution in [-0.2, 0) is 0 Å². The second-order valence-corrected chi connectivity index (χ2v) is 5.89. The Balaban J connectivity index is 2.24. The lowest BCUT2D eigenvalue weighted by atomic mass is 10.1. The molecule has 0 bridgehead atoms. The van der Waals surface area contributed by atoms with Gasteiger partial charge in [0.15, 0.2) is 0 Å². The summed E-state index contributed by atoms with van der Waals surface area (Å²) in [6, 6.07) is 12.1. The molecule has 0 saturated heterocycles. The van der Waals surface area contributed by atoms with Gasteiger partial charge in [0.1, 0.15) is 11.9 Å². The van der Waals surface area contributed by atoms with E-state index in [-0.39, 0.29) is 12.1 Å². The Hall–Kier alpha value is -0.970. The Morgan fingerprint density at radius 3 is 2.61 bits per heavy atom. The average molecular weight is 279 g/mol. The van der Waals surface area contributed by atoms with E-state index in [0.29, 0.717) is 0 Å². The minimum Gasteiger partial charge on any atom is -0.482 e. The van der Waals surface area contributed by atoms with Gasteiger partial charge in [-0.25, -0.2) is 0 Å². The van der Waals surface area contributed by atoms with Gasteiger partial charge < -0.3 is 10.5 Å². The summed E-state index contributed by atoms with van der Waals surface area (Å²) in [5, 5.41) is 2.05. The number of para-hydroxylation sites is 1. The Labute approximate surface area is 116 Å². The van der Waals surface area contributed by atoms with Crippen molar-refractivity contribution in [3.63, 3.8) is 0 Å². The van der Waals surface area contributed by atoms with E-state index in [1.807, 2.05) is 37.4 Å². The maximum Gasteiger partial charge on any atom is 0.148 e. The average Bonchev–Trinajstić information content (AvgIpc) is 2.89. The highest BCUT2D eigenvalue weighted by Gasteiger charge is 2.20. The van der Waals surface area contributed by atoms with Crippen molar-refractivity contribution in [2.24, 2.45) is 5.73 Å². The van der Waals surface area contributed by atoms with E-state index in [2.05, 4.69) is 17.5 Å². The standard InChI is InChI=1S/C14H17NOS2/c1-10(15)14(13-8-5-9-18-13)16-11-6-3-4-7-12(11)17-2/h3-10,14H,15H2,1-2H3. The number of thioether (sulfide) groups is 1. The number of thiophene rings is 1. The van der Waals surface area contributed by atoms with Crippen molar-refractivity contribution >= 4 is 23.1 Å². The van der Waals surface area contributed by atoms with Crippen LogP contribution in [0.4, 0.5) is 0 Å². The lowest BCUT2D eigenvalue weighted by Gasteiger charge is -2.22. The van der Waals surface area contributed by atoms with Gasteiger partial charge in [0.25, 0.3) is 0 Å². The molecule has 2 N–H and O–H groups in total. The summed E-state index contributed by atoms with van der Waals surface area (Å²) in [6.45, 7) is 1.98. The number of ether oxygens (including phenoxy) is 1. The highest BCUT2D eigenvalue weighted by atomic mass is 32.2. The highest BCUT2D eigenvalue weighted by Crippen LogP contribution is 2.33. The van der Waals surface area contributed by atoms with Crippen LogP contribution < -0.4 is 10.5 Å². The van der Waals surface area contributed by atoms with E-state index < -0.39 is 0 Å². The molecule has 0 aliphatic heterocycles. The molecule has 0 radical (unpaired) electrons. The molecule has 96 valence electrons. The maximum atomic E-state index is 6.11. The van der Waals surface area contributed by atoms with E-state index in [1.54, 1.807) is 23.1 Å². The zero-order valence-electron chi connectivity index (χ0n) is 10.5. The molecule has 4 heteroatoms. The predicted molar refractivity (Wildman–Crippen MR) is 79.6 cm³/mol. The summed E-state index contributed by atoms with van der Waals surface area (Å²) in [7, 11) is 0. The summed E-state index contributed by atoms with van der Waals surface area (Å²) in [5.41, 5.74) is 6.04. The molecule has 18 heavy (non-hydrogen) atoms. The monoisotopic (exact) mass is 279 g/mol. The first-order valence-electron chi connectivity index (χ1n) is 5.81. The number of hydrogen-bond donors (Lipinski definition) is 1. The first kappa shape index (κ1) is 13.5. The van der Waals surface area contributed by atoms with Crippen molar-refractivity contribution < 1.29 is 4.74 Å². The van der Waals surface area contributed by atoms with E-state index in [1.165, 1.54) is 4.88 Å². The summed E-state index contributed by atoms with van der Waals surface area (Å²) in [6.07, 6.45) is 1.96. The maximum absolute atomic E-state index is 6.11. The summed E-state index contributed by atoms with van der Waals surface area (Å²) >= 11 is 3.36. The van der Waals surface area contributed by atoms with Crippen molar-refractivity contribution in [2.45, 2.75) is 24.0 Å². The van der Waals surface area contributed by atoms with Crippen LogP contribution in [0.1, 0.15) is 17.9 Å². The SMILES string of the molecule is CSc1ccccc1OC(c1cccs1)C(C)N. The Morgan fingerprint density at radius 2 is 2.00 bits per heavy atom. The molecular formula is C14H17NOS2. The van der Waals surface area contributed by atoms with E-state index in [0.717, 1.165) is 10.6 Å². The van der Waals surface area contributed by atoms with Crippen LogP contribution in [0.2, 0.25) is 0 Å². The van der Waals surface area contributed by atoms with Crippen LogP contribution in [0, 0.1) is 0 Å². The van der Waals surface area contributed by atoms with Crippen LogP contribution in [0.15, 0.2) is 46.7 Å². The largest absolute Gasteiger partial charge is 0.482 e. The lowest BCUT2D eigenvalue weighted by molar-refractivity contribution is 0.179. The van der Waals surface area contributed by atoms with Gasteiger partial charge in [-0.3, -0.25) is 0 Å². The third-order valence-electron chi connectivity index (χ3n) is 2.62. The highest BCUT2D eigenvalue weighted by molar-refractivity contribution is 7.98. The van der Waals surface area contributed by atoms with Crippen LogP contribution >= 0.6 is 23.1 Å². The third kappa shape index (κ3) is 3.07. The van der Waals surface area contributed by atoms with Gasteiger partial charge in [0.2, 0.25) is 0 Å². The van der Waals surface area contributed by atoms with Gasteiger partial charge in [-0.1, -0.05) is 18.2 Å². The van der Waals surface area contributed by atoms with Gasteiger partial charge in [-0.15, -0.1) is 23.1 Å². The molecule has 2 atom stereocenters. The third-order valence-corrected chi connectivity index (χ3v) is 4.34. The van der Waals surface area contributed by atoms with E-state index in [4.69, 9.17) is 10.5 Å². The van der Waals surface area contributed by atoms with Gasteiger partial charge in [-0.05, 0) is 36.8 Å². The molecule has 0 aliphatic carbocycles. The second-order valence-electron chi connectivity index (χ2n) is 4.06. The number of benzene rings is 1. The second kappa shape index (κ2) is 6.27. The molecule has 2 rings (SSSR count). The van der Waals surface area contributed by atoms with Crippen LogP contribution in [0.5, 0.6) is 5.75 Å².